The standard InChI is InChI=1S/C23H31N3O4/c1-23(2,3)30-22(29)26-12-5-4-6-17(26)15-7-8-18-16(14-15)11-13-25(18)19-9-10-20(27)24-21(19)28/h7-8,14,17,19H,4-6,9-13H2,1-3H3,(H,24,27,28). The van der Waals surface area contributed by atoms with E-state index in [1.165, 1.54) is 5.56 Å². The number of fused-ring (bicyclic) bond motifs is 1. The van der Waals surface area contributed by atoms with Crippen molar-refractivity contribution in [3.63, 3.8) is 0 Å². The topological polar surface area (TPSA) is 79.0 Å². The van der Waals surface area contributed by atoms with Crippen molar-refractivity contribution in [1.82, 2.24) is 10.2 Å². The molecule has 0 spiro atoms. The van der Waals surface area contributed by atoms with Gasteiger partial charge in [0, 0.05) is 25.2 Å². The van der Waals surface area contributed by atoms with E-state index in [2.05, 4.69) is 28.4 Å². The molecule has 162 valence electrons. The molecule has 0 radical (unpaired) electrons. The number of likely N-dealkylation sites (tertiary alicyclic amines) is 1. The second-order valence-electron chi connectivity index (χ2n) is 9.48. The number of piperidine rings is 2. The summed E-state index contributed by atoms with van der Waals surface area (Å²) in [5, 5.41) is 2.46. The highest BCUT2D eigenvalue weighted by atomic mass is 16.6. The van der Waals surface area contributed by atoms with E-state index >= 15 is 0 Å². The van der Waals surface area contributed by atoms with Crippen LogP contribution in [0, 0.1) is 0 Å². The van der Waals surface area contributed by atoms with Gasteiger partial charge < -0.3 is 14.5 Å². The molecule has 0 saturated carbocycles. The number of amides is 3. The largest absolute Gasteiger partial charge is 0.444 e. The Morgan fingerprint density at radius 2 is 1.87 bits per heavy atom. The van der Waals surface area contributed by atoms with Crippen LogP contribution in [0.4, 0.5) is 10.5 Å². The van der Waals surface area contributed by atoms with Gasteiger partial charge in [-0.2, -0.15) is 0 Å². The number of imide groups is 1. The Morgan fingerprint density at radius 1 is 1.07 bits per heavy atom. The smallest absolute Gasteiger partial charge is 0.410 e. The molecule has 1 aromatic carbocycles. The molecule has 1 aromatic rings. The lowest BCUT2D eigenvalue weighted by atomic mass is 9.93. The first kappa shape index (κ1) is 20.7. The molecule has 0 aliphatic carbocycles. The summed E-state index contributed by atoms with van der Waals surface area (Å²) in [5.74, 6) is -0.392. The van der Waals surface area contributed by atoms with E-state index < -0.39 is 5.60 Å². The fourth-order valence-electron chi connectivity index (χ4n) is 4.77. The summed E-state index contributed by atoms with van der Waals surface area (Å²) in [7, 11) is 0. The second kappa shape index (κ2) is 7.93. The summed E-state index contributed by atoms with van der Waals surface area (Å²) in [4.78, 5) is 40.6. The van der Waals surface area contributed by atoms with E-state index in [0.717, 1.165) is 43.5 Å². The van der Waals surface area contributed by atoms with Crippen LogP contribution in [0.2, 0.25) is 0 Å². The number of benzene rings is 1. The van der Waals surface area contributed by atoms with Crippen molar-refractivity contribution in [2.75, 3.05) is 18.0 Å². The van der Waals surface area contributed by atoms with Crippen LogP contribution in [0.15, 0.2) is 18.2 Å². The third kappa shape index (κ3) is 4.16. The molecule has 4 rings (SSSR count). The Hall–Kier alpha value is -2.57. The minimum absolute atomic E-state index is 0.0172. The molecule has 3 aliphatic rings. The van der Waals surface area contributed by atoms with Gasteiger partial charge in [0.25, 0.3) is 0 Å². The first-order chi connectivity index (χ1) is 14.2. The van der Waals surface area contributed by atoms with Crippen molar-refractivity contribution in [2.45, 2.75) is 77.0 Å². The zero-order valence-corrected chi connectivity index (χ0v) is 18.1. The summed E-state index contributed by atoms with van der Waals surface area (Å²) in [6.45, 7) is 7.15. The maximum Gasteiger partial charge on any atom is 0.410 e. The maximum absolute atomic E-state index is 12.8. The number of anilines is 1. The molecule has 2 atom stereocenters. The van der Waals surface area contributed by atoms with Crippen LogP contribution < -0.4 is 10.2 Å². The fraction of sp³-hybridized carbons (Fsp3) is 0.609. The predicted octanol–water partition coefficient (Wildman–Crippen LogP) is 3.32. The van der Waals surface area contributed by atoms with Crippen molar-refractivity contribution >= 4 is 23.6 Å². The lowest BCUT2D eigenvalue weighted by Crippen LogP contribution is -2.52. The predicted molar refractivity (Wildman–Crippen MR) is 113 cm³/mol. The highest BCUT2D eigenvalue weighted by molar-refractivity contribution is 6.01. The molecule has 2 saturated heterocycles. The van der Waals surface area contributed by atoms with Gasteiger partial charge in [0.15, 0.2) is 0 Å². The van der Waals surface area contributed by atoms with Crippen LogP contribution in [-0.2, 0) is 20.7 Å². The highest BCUT2D eigenvalue weighted by Crippen LogP contribution is 2.37. The van der Waals surface area contributed by atoms with E-state index in [0.29, 0.717) is 19.4 Å². The van der Waals surface area contributed by atoms with E-state index in [-0.39, 0.29) is 30.0 Å². The van der Waals surface area contributed by atoms with E-state index in [9.17, 15) is 14.4 Å². The summed E-state index contributed by atoms with van der Waals surface area (Å²) in [6.07, 6.45) is 4.55. The van der Waals surface area contributed by atoms with Crippen molar-refractivity contribution in [2.24, 2.45) is 0 Å². The van der Waals surface area contributed by atoms with Gasteiger partial charge in [0.05, 0.1) is 6.04 Å². The average molecular weight is 414 g/mol. The Bertz CT molecular complexity index is 860. The summed E-state index contributed by atoms with van der Waals surface area (Å²) in [6, 6.07) is 6.07. The Morgan fingerprint density at radius 3 is 2.60 bits per heavy atom. The molecule has 1 N–H and O–H groups in total. The van der Waals surface area contributed by atoms with Crippen molar-refractivity contribution in [1.29, 1.82) is 0 Å². The van der Waals surface area contributed by atoms with Crippen LogP contribution in [0.3, 0.4) is 0 Å². The molecule has 0 aromatic heterocycles. The van der Waals surface area contributed by atoms with Gasteiger partial charge in [0.1, 0.15) is 11.6 Å². The van der Waals surface area contributed by atoms with E-state index in [1.54, 1.807) is 0 Å². The van der Waals surface area contributed by atoms with Gasteiger partial charge in [-0.1, -0.05) is 12.1 Å². The van der Waals surface area contributed by atoms with Gasteiger partial charge in [0.2, 0.25) is 11.8 Å². The van der Waals surface area contributed by atoms with Crippen LogP contribution in [0.5, 0.6) is 0 Å². The van der Waals surface area contributed by atoms with Crippen molar-refractivity contribution in [3.8, 4) is 0 Å². The zero-order chi connectivity index (χ0) is 21.5. The second-order valence-corrected chi connectivity index (χ2v) is 9.48. The molecule has 2 fully saturated rings. The zero-order valence-electron chi connectivity index (χ0n) is 18.1. The first-order valence-electron chi connectivity index (χ1n) is 11.0. The molecule has 0 bridgehead atoms. The number of rotatable bonds is 2. The Labute approximate surface area is 177 Å². The van der Waals surface area contributed by atoms with Crippen LogP contribution in [0.25, 0.3) is 0 Å². The summed E-state index contributed by atoms with van der Waals surface area (Å²) >= 11 is 0. The lowest BCUT2D eigenvalue weighted by molar-refractivity contribution is -0.134. The number of nitrogens with one attached hydrogen (secondary N) is 1. The van der Waals surface area contributed by atoms with Gasteiger partial charge in [-0.15, -0.1) is 0 Å². The first-order valence-corrected chi connectivity index (χ1v) is 11.0. The summed E-state index contributed by atoms with van der Waals surface area (Å²) < 4.78 is 5.65. The minimum atomic E-state index is -0.514. The van der Waals surface area contributed by atoms with Crippen molar-refractivity contribution < 1.29 is 19.1 Å². The maximum atomic E-state index is 12.8. The highest BCUT2D eigenvalue weighted by Gasteiger charge is 2.36. The van der Waals surface area contributed by atoms with Crippen LogP contribution >= 0.6 is 0 Å². The summed E-state index contributed by atoms with van der Waals surface area (Å²) in [5.41, 5.74) is 2.88. The number of ether oxygens (including phenoxy) is 1. The lowest BCUT2D eigenvalue weighted by Gasteiger charge is -2.37. The SMILES string of the molecule is CC(C)(C)OC(=O)N1CCCCC1c1ccc2c(c1)CCN2C1CCC(=O)NC1=O. The molecule has 3 aliphatic heterocycles. The minimum Gasteiger partial charge on any atom is -0.444 e. The number of hydrogen-bond donors (Lipinski definition) is 1. The van der Waals surface area contributed by atoms with Gasteiger partial charge in [-0.3, -0.25) is 14.9 Å². The third-order valence-electron chi connectivity index (χ3n) is 6.14. The van der Waals surface area contributed by atoms with Gasteiger partial charge >= 0.3 is 6.09 Å². The molecular formula is C23H31N3O4. The Balaban J connectivity index is 1.54. The molecule has 7 nitrogen and oxygen atoms in total. The fourth-order valence-corrected chi connectivity index (χ4v) is 4.77. The molecular weight excluding hydrogens is 382 g/mol. The molecule has 2 unspecified atom stereocenters. The monoisotopic (exact) mass is 413 g/mol. The van der Waals surface area contributed by atoms with Gasteiger partial charge in [-0.25, -0.2) is 4.79 Å². The molecule has 7 heteroatoms. The number of hydrogen-bond acceptors (Lipinski definition) is 5. The van der Waals surface area contributed by atoms with Gasteiger partial charge in [-0.05, 0) is 70.1 Å². The Kier molecular flexibility index (Phi) is 5.47. The third-order valence-corrected chi connectivity index (χ3v) is 6.14. The number of carbonyl (C=O) groups excluding carboxylic acids is 3. The van der Waals surface area contributed by atoms with Crippen LogP contribution in [0.1, 0.15) is 70.0 Å². The molecule has 3 heterocycles. The van der Waals surface area contributed by atoms with Crippen molar-refractivity contribution in [3.05, 3.63) is 29.3 Å². The quantitative estimate of drug-likeness (QED) is 0.753. The number of nitrogens with zero attached hydrogens (tertiary/aromatic N) is 2. The normalized spacial score (nSPS) is 24.5. The van der Waals surface area contributed by atoms with E-state index in [1.807, 2.05) is 25.7 Å². The molecule has 30 heavy (non-hydrogen) atoms. The number of carbonyl (C=O) groups is 3. The average Bonchev–Trinajstić information content (AvgIpc) is 3.09. The van der Waals surface area contributed by atoms with Crippen LogP contribution in [-0.4, -0.2) is 47.5 Å². The molecule has 3 amide bonds. The van der Waals surface area contributed by atoms with E-state index in [4.69, 9.17) is 4.74 Å².